The Labute approximate surface area is 77.6 Å². The molecule has 0 aliphatic rings. The zero-order valence-electron chi connectivity index (χ0n) is 7.93. The van der Waals surface area contributed by atoms with Crippen LogP contribution in [0.25, 0.3) is 0 Å². The van der Waals surface area contributed by atoms with Crippen LogP contribution in [0.3, 0.4) is 0 Å². The van der Waals surface area contributed by atoms with E-state index in [1.807, 2.05) is 0 Å². The summed E-state index contributed by atoms with van der Waals surface area (Å²) in [5, 5.41) is 0. The molecule has 0 nitrogen and oxygen atoms in total. The minimum atomic E-state index is 1.07. The molecular formula is C11H17P. The average molecular weight is 180 g/mol. The SMILES string of the molecule is CCc1ccc(CP)cc1CC. The highest BCUT2D eigenvalue weighted by Gasteiger charge is 1.98. The predicted octanol–water partition coefficient (Wildman–Crippen LogP) is 3.19. The van der Waals surface area contributed by atoms with Gasteiger partial charge in [-0.05, 0) is 35.7 Å². The minimum absolute atomic E-state index is 1.07. The Morgan fingerprint density at radius 2 is 1.75 bits per heavy atom. The van der Waals surface area contributed by atoms with Crippen LogP contribution in [0.15, 0.2) is 18.2 Å². The molecule has 1 unspecified atom stereocenters. The van der Waals surface area contributed by atoms with Crippen molar-refractivity contribution < 1.29 is 0 Å². The van der Waals surface area contributed by atoms with Crippen molar-refractivity contribution in [1.82, 2.24) is 0 Å². The monoisotopic (exact) mass is 180 g/mol. The Hall–Kier alpha value is -0.350. The first kappa shape index (κ1) is 9.74. The van der Waals surface area contributed by atoms with E-state index in [0.717, 1.165) is 19.0 Å². The molecule has 12 heavy (non-hydrogen) atoms. The van der Waals surface area contributed by atoms with Crippen LogP contribution in [-0.2, 0) is 19.0 Å². The number of hydrogen-bond donors (Lipinski definition) is 0. The third-order valence-electron chi connectivity index (χ3n) is 2.27. The minimum Gasteiger partial charge on any atom is -0.133 e. The number of aryl methyl sites for hydroxylation is 2. The Morgan fingerprint density at radius 1 is 1.08 bits per heavy atom. The van der Waals surface area contributed by atoms with Crippen molar-refractivity contribution in [2.45, 2.75) is 32.9 Å². The Bertz CT molecular complexity index is 253. The molecule has 0 aliphatic heterocycles. The predicted molar refractivity (Wildman–Crippen MR) is 58.6 cm³/mol. The van der Waals surface area contributed by atoms with E-state index >= 15 is 0 Å². The maximum atomic E-state index is 2.77. The van der Waals surface area contributed by atoms with Crippen molar-refractivity contribution in [3.05, 3.63) is 34.9 Å². The second-order valence-electron chi connectivity index (χ2n) is 3.01. The quantitative estimate of drug-likeness (QED) is 0.627. The highest BCUT2D eigenvalue weighted by Crippen LogP contribution is 2.15. The van der Waals surface area contributed by atoms with Gasteiger partial charge in [0.2, 0.25) is 0 Å². The highest BCUT2D eigenvalue weighted by molar-refractivity contribution is 7.15. The molecule has 0 amide bonds. The molecule has 0 radical (unpaired) electrons. The van der Waals surface area contributed by atoms with Crippen LogP contribution < -0.4 is 0 Å². The van der Waals surface area contributed by atoms with Crippen molar-refractivity contribution >= 4 is 9.24 Å². The van der Waals surface area contributed by atoms with Gasteiger partial charge in [0.1, 0.15) is 0 Å². The van der Waals surface area contributed by atoms with Gasteiger partial charge in [0.25, 0.3) is 0 Å². The van der Waals surface area contributed by atoms with Gasteiger partial charge in [-0.3, -0.25) is 0 Å². The van der Waals surface area contributed by atoms with Crippen LogP contribution in [0.5, 0.6) is 0 Å². The fraction of sp³-hybridized carbons (Fsp3) is 0.455. The van der Waals surface area contributed by atoms with Crippen LogP contribution in [0.4, 0.5) is 0 Å². The smallest absolute Gasteiger partial charge is 0.0128 e. The van der Waals surface area contributed by atoms with E-state index in [-0.39, 0.29) is 0 Å². The number of hydrogen-bond acceptors (Lipinski definition) is 0. The van der Waals surface area contributed by atoms with Crippen LogP contribution in [0.2, 0.25) is 0 Å². The molecule has 66 valence electrons. The van der Waals surface area contributed by atoms with Gasteiger partial charge in [-0.25, -0.2) is 0 Å². The molecular weight excluding hydrogens is 163 g/mol. The lowest BCUT2D eigenvalue weighted by Gasteiger charge is -2.07. The van der Waals surface area contributed by atoms with Gasteiger partial charge in [-0.2, -0.15) is 0 Å². The second-order valence-corrected chi connectivity index (χ2v) is 3.42. The summed E-state index contributed by atoms with van der Waals surface area (Å²) < 4.78 is 0. The molecule has 0 saturated carbocycles. The van der Waals surface area contributed by atoms with Crippen molar-refractivity contribution in [3.63, 3.8) is 0 Å². The summed E-state index contributed by atoms with van der Waals surface area (Å²) >= 11 is 0. The lowest BCUT2D eigenvalue weighted by atomic mass is 10.0. The normalized spacial score (nSPS) is 10.2. The number of benzene rings is 1. The van der Waals surface area contributed by atoms with Gasteiger partial charge >= 0.3 is 0 Å². The van der Waals surface area contributed by atoms with Crippen molar-refractivity contribution in [2.24, 2.45) is 0 Å². The van der Waals surface area contributed by atoms with Gasteiger partial charge in [0, 0.05) is 0 Å². The number of rotatable bonds is 3. The van der Waals surface area contributed by atoms with Crippen molar-refractivity contribution in [3.8, 4) is 0 Å². The molecule has 0 fully saturated rings. The van der Waals surface area contributed by atoms with E-state index in [2.05, 4.69) is 41.3 Å². The topological polar surface area (TPSA) is 0 Å². The average Bonchev–Trinajstić information content (AvgIpc) is 2.16. The largest absolute Gasteiger partial charge is 0.133 e. The van der Waals surface area contributed by atoms with E-state index in [0.29, 0.717) is 0 Å². The molecule has 0 bridgehead atoms. The summed E-state index contributed by atoms with van der Waals surface area (Å²) in [5.74, 6) is 0. The second kappa shape index (κ2) is 4.62. The Kier molecular flexibility index (Phi) is 3.75. The molecule has 0 aliphatic carbocycles. The van der Waals surface area contributed by atoms with Crippen molar-refractivity contribution in [2.75, 3.05) is 0 Å². The highest BCUT2D eigenvalue weighted by atomic mass is 31.0. The van der Waals surface area contributed by atoms with E-state index in [1.165, 1.54) is 16.7 Å². The summed E-state index contributed by atoms with van der Waals surface area (Å²) in [6.45, 7) is 4.44. The molecule has 0 saturated heterocycles. The van der Waals surface area contributed by atoms with Crippen LogP contribution in [0.1, 0.15) is 30.5 Å². The van der Waals surface area contributed by atoms with Gasteiger partial charge < -0.3 is 0 Å². The Balaban J connectivity index is 3.02. The molecule has 0 spiro atoms. The molecule has 1 atom stereocenters. The van der Waals surface area contributed by atoms with Gasteiger partial charge in [-0.15, -0.1) is 9.24 Å². The molecule has 1 aromatic rings. The van der Waals surface area contributed by atoms with E-state index in [9.17, 15) is 0 Å². The summed E-state index contributed by atoms with van der Waals surface area (Å²) in [4.78, 5) is 0. The Morgan fingerprint density at radius 3 is 2.25 bits per heavy atom. The standard InChI is InChI=1S/C11H17P/c1-3-10-6-5-9(8-12)7-11(10)4-2/h5-7H,3-4,8,12H2,1-2H3. The van der Waals surface area contributed by atoms with Crippen LogP contribution in [-0.4, -0.2) is 0 Å². The summed E-state index contributed by atoms with van der Waals surface area (Å²) in [6.07, 6.45) is 3.37. The van der Waals surface area contributed by atoms with E-state index in [1.54, 1.807) is 0 Å². The fourth-order valence-electron chi connectivity index (χ4n) is 1.48. The molecule has 0 N–H and O–H groups in total. The maximum Gasteiger partial charge on any atom is -0.0128 e. The zero-order valence-corrected chi connectivity index (χ0v) is 9.09. The maximum absolute atomic E-state index is 2.77. The third-order valence-corrected chi connectivity index (χ3v) is 2.74. The summed E-state index contributed by atoms with van der Waals surface area (Å²) in [5.41, 5.74) is 4.44. The lowest BCUT2D eigenvalue weighted by molar-refractivity contribution is 1.03. The lowest BCUT2D eigenvalue weighted by Crippen LogP contribution is -1.92. The zero-order chi connectivity index (χ0) is 8.97. The van der Waals surface area contributed by atoms with Gasteiger partial charge in [0.05, 0.1) is 0 Å². The summed E-state index contributed by atoms with van der Waals surface area (Å²) in [7, 11) is 2.77. The van der Waals surface area contributed by atoms with E-state index < -0.39 is 0 Å². The molecule has 1 aromatic carbocycles. The fourth-order valence-corrected chi connectivity index (χ4v) is 1.73. The van der Waals surface area contributed by atoms with Crippen LogP contribution in [0, 0.1) is 0 Å². The van der Waals surface area contributed by atoms with Gasteiger partial charge in [0.15, 0.2) is 0 Å². The first-order valence-corrected chi connectivity index (χ1v) is 5.44. The first-order valence-electron chi connectivity index (χ1n) is 4.62. The molecule has 1 heteroatoms. The third kappa shape index (κ3) is 2.08. The van der Waals surface area contributed by atoms with Crippen molar-refractivity contribution in [1.29, 1.82) is 0 Å². The van der Waals surface area contributed by atoms with Gasteiger partial charge in [-0.1, -0.05) is 32.0 Å². The van der Waals surface area contributed by atoms with E-state index in [4.69, 9.17) is 0 Å². The summed E-state index contributed by atoms with van der Waals surface area (Å²) in [6, 6.07) is 6.81. The molecule has 0 aromatic heterocycles. The first-order chi connectivity index (χ1) is 5.81. The molecule has 0 heterocycles. The molecule has 1 rings (SSSR count). The van der Waals surface area contributed by atoms with Crippen LogP contribution >= 0.6 is 9.24 Å².